The molecular weight excluding hydrogens is 592 g/mol. The van der Waals surface area contributed by atoms with Crippen molar-refractivity contribution in [2.75, 3.05) is 13.2 Å². The Hall–Kier alpha value is -5.08. The molecular formula is C32H30O13. The molecule has 3 aromatic rings. The van der Waals surface area contributed by atoms with Crippen LogP contribution in [-0.2, 0) is 33.3 Å². The zero-order valence-electron chi connectivity index (χ0n) is 23.5. The minimum absolute atomic E-state index is 0.0490. The molecule has 0 aromatic heterocycles. The molecule has 6 N–H and O–H groups in total. The quantitative estimate of drug-likeness (QED) is 0.122. The van der Waals surface area contributed by atoms with E-state index in [0.717, 1.165) is 12.2 Å². The van der Waals surface area contributed by atoms with Gasteiger partial charge in [-0.15, -0.1) is 0 Å². The Labute approximate surface area is 256 Å². The largest absolute Gasteiger partial charge is 0.508 e. The van der Waals surface area contributed by atoms with Crippen LogP contribution < -0.4 is 0 Å². The van der Waals surface area contributed by atoms with Crippen molar-refractivity contribution in [2.45, 2.75) is 36.8 Å². The maximum atomic E-state index is 12.8. The second-order valence-electron chi connectivity index (χ2n) is 10.2. The summed E-state index contributed by atoms with van der Waals surface area (Å²) in [6.07, 6.45) is -2.22. The first-order valence-corrected chi connectivity index (χ1v) is 13.7. The molecule has 0 aliphatic carbocycles. The van der Waals surface area contributed by atoms with Gasteiger partial charge in [-0.05, 0) is 65.2 Å². The van der Waals surface area contributed by atoms with Crippen LogP contribution in [0.1, 0.15) is 22.8 Å². The first-order valence-electron chi connectivity index (χ1n) is 13.7. The Morgan fingerprint density at radius 3 is 2.13 bits per heavy atom. The van der Waals surface area contributed by atoms with Crippen LogP contribution in [0.4, 0.5) is 0 Å². The smallest absolute Gasteiger partial charge is 0.331 e. The minimum Gasteiger partial charge on any atom is -0.508 e. The molecule has 2 aliphatic heterocycles. The van der Waals surface area contributed by atoms with E-state index >= 15 is 0 Å². The third-order valence-electron chi connectivity index (χ3n) is 7.08. The van der Waals surface area contributed by atoms with Crippen molar-refractivity contribution < 1.29 is 63.9 Å². The molecule has 236 valence electrons. The molecule has 0 saturated carbocycles. The Balaban J connectivity index is 1.30. The van der Waals surface area contributed by atoms with Gasteiger partial charge in [0.15, 0.2) is 35.4 Å². The van der Waals surface area contributed by atoms with E-state index in [2.05, 4.69) is 0 Å². The number of aliphatic hydroxyl groups excluding tert-OH is 1. The highest BCUT2D eigenvalue weighted by molar-refractivity contribution is 5.88. The third kappa shape index (κ3) is 7.72. The first-order chi connectivity index (χ1) is 21.6. The monoisotopic (exact) mass is 622 g/mol. The Morgan fingerprint density at radius 1 is 0.778 bits per heavy atom. The number of aliphatic hydroxyl groups is 1. The fraction of sp³-hybridized carbons (Fsp3) is 0.250. The molecule has 5 rings (SSSR count). The fourth-order valence-electron chi connectivity index (χ4n) is 4.72. The van der Waals surface area contributed by atoms with Crippen molar-refractivity contribution in [3.63, 3.8) is 0 Å². The van der Waals surface area contributed by atoms with E-state index in [0.29, 0.717) is 16.7 Å². The van der Waals surface area contributed by atoms with Crippen molar-refractivity contribution in [3.8, 4) is 28.7 Å². The number of carbonyl (C=O) groups is 2. The molecule has 6 atom stereocenters. The predicted molar refractivity (Wildman–Crippen MR) is 155 cm³/mol. The topological polar surface area (TPSA) is 202 Å². The molecule has 3 aromatic carbocycles. The van der Waals surface area contributed by atoms with E-state index in [-0.39, 0.29) is 35.4 Å². The van der Waals surface area contributed by atoms with Gasteiger partial charge in [-0.2, -0.15) is 0 Å². The highest BCUT2D eigenvalue weighted by Gasteiger charge is 2.51. The summed E-state index contributed by atoms with van der Waals surface area (Å²) in [5.74, 6) is -3.02. The SMILES string of the molecule is O=C(/C=C/c1ccc(O)cc1)OC[C@H]1O[C@H]2OCC(c3ccc(O)c(O)c3)O[C@@H]2[C@@H](O)[C@@H]1OC(=O)/C=C/c1ccc(O)c(O)c1. The average molecular weight is 623 g/mol. The van der Waals surface area contributed by atoms with Crippen molar-refractivity contribution in [3.05, 3.63) is 89.5 Å². The second-order valence-corrected chi connectivity index (χ2v) is 10.2. The van der Waals surface area contributed by atoms with Gasteiger partial charge in [0.05, 0.1) is 6.61 Å². The van der Waals surface area contributed by atoms with Crippen molar-refractivity contribution >= 4 is 24.1 Å². The van der Waals surface area contributed by atoms with E-state index < -0.39 is 55.4 Å². The van der Waals surface area contributed by atoms with Crippen LogP contribution in [-0.4, -0.2) is 86.5 Å². The summed E-state index contributed by atoms with van der Waals surface area (Å²) in [5.41, 5.74) is 1.44. The number of ether oxygens (including phenoxy) is 5. The number of rotatable bonds is 8. The number of carbonyl (C=O) groups excluding carboxylic acids is 2. The number of aromatic hydroxyl groups is 5. The van der Waals surface area contributed by atoms with E-state index in [9.17, 15) is 40.2 Å². The Bertz CT molecular complexity index is 1580. The Morgan fingerprint density at radius 2 is 1.42 bits per heavy atom. The molecule has 2 saturated heterocycles. The maximum absolute atomic E-state index is 12.8. The Kier molecular flexibility index (Phi) is 9.54. The van der Waals surface area contributed by atoms with Gasteiger partial charge in [0, 0.05) is 12.2 Å². The summed E-state index contributed by atoms with van der Waals surface area (Å²) >= 11 is 0. The lowest BCUT2D eigenvalue weighted by molar-refractivity contribution is -0.350. The normalized spacial score (nSPS) is 24.7. The van der Waals surface area contributed by atoms with Gasteiger partial charge in [-0.25, -0.2) is 9.59 Å². The number of phenols is 5. The van der Waals surface area contributed by atoms with Crippen LogP contribution in [0.2, 0.25) is 0 Å². The van der Waals surface area contributed by atoms with Crippen LogP contribution >= 0.6 is 0 Å². The number of benzene rings is 3. The summed E-state index contributed by atoms with van der Waals surface area (Å²) in [6.45, 7) is -0.488. The third-order valence-corrected chi connectivity index (χ3v) is 7.08. The van der Waals surface area contributed by atoms with Gasteiger partial charge in [0.1, 0.15) is 36.8 Å². The lowest BCUT2D eigenvalue weighted by atomic mass is 9.97. The highest BCUT2D eigenvalue weighted by Crippen LogP contribution is 2.37. The molecule has 1 unspecified atom stereocenters. The van der Waals surface area contributed by atoms with Gasteiger partial charge < -0.3 is 54.3 Å². The van der Waals surface area contributed by atoms with Crippen LogP contribution in [0.3, 0.4) is 0 Å². The summed E-state index contributed by atoms with van der Waals surface area (Å²) in [7, 11) is 0. The van der Waals surface area contributed by atoms with Crippen molar-refractivity contribution in [2.24, 2.45) is 0 Å². The van der Waals surface area contributed by atoms with Crippen molar-refractivity contribution in [1.82, 2.24) is 0 Å². The number of hydrogen-bond acceptors (Lipinski definition) is 13. The molecule has 13 nitrogen and oxygen atoms in total. The van der Waals surface area contributed by atoms with E-state index in [4.69, 9.17) is 23.7 Å². The highest BCUT2D eigenvalue weighted by atomic mass is 16.7. The maximum Gasteiger partial charge on any atom is 0.331 e. The summed E-state index contributed by atoms with van der Waals surface area (Å²) in [4.78, 5) is 25.3. The number of esters is 2. The van der Waals surface area contributed by atoms with Gasteiger partial charge >= 0.3 is 11.9 Å². The van der Waals surface area contributed by atoms with Gasteiger partial charge in [0.25, 0.3) is 0 Å². The van der Waals surface area contributed by atoms with Crippen LogP contribution in [0, 0.1) is 0 Å². The van der Waals surface area contributed by atoms with Gasteiger partial charge in [-0.1, -0.05) is 24.3 Å². The first kappa shape index (κ1) is 31.3. The average Bonchev–Trinajstić information content (AvgIpc) is 3.03. The lowest BCUT2D eigenvalue weighted by Crippen LogP contribution is -2.63. The zero-order valence-corrected chi connectivity index (χ0v) is 23.5. The summed E-state index contributed by atoms with van der Waals surface area (Å²) in [5, 5.41) is 59.5. The van der Waals surface area contributed by atoms with Crippen LogP contribution in [0.15, 0.2) is 72.8 Å². The minimum atomic E-state index is -1.52. The molecule has 13 heteroatoms. The van der Waals surface area contributed by atoms with Gasteiger partial charge in [-0.3, -0.25) is 0 Å². The predicted octanol–water partition coefficient (Wildman–Crippen LogP) is 2.64. The van der Waals surface area contributed by atoms with E-state index in [1.165, 1.54) is 60.7 Å². The molecule has 0 radical (unpaired) electrons. The van der Waals surface area contributed by atoms with Gasteiger partial charge in [0.2, 0.25) is 0 Å². The summed E-state index contributed by atoms with van der Waals surface area (Å²) < 4.78 is 28.6. The fourth-order valence-corrected chi connectivity index (χ4v) is 4.72. The number of phenolic OH excluding ortho intramolecular Hbond substituents is 5. The molecule has 2 aliphatic rings. The van der Waals surface area contributed by atoms with Crippen LogP contribution in [0.25, 0.3) is 12.2 Å². The zero-order chi connectivity index (χ0) is 32.1. The molecule has 45 heavy (non-hydrogen) atoms. The molecule has 2 fully saturated rings. The van der Waals surface area contributed by atoms with E-state index in [1.807, 2.05) is 0 Å². The van der Waals surface area contributed by atoms with Crippen molar-refractivity contribution in [1.29, 1.82) is 0 Å². The lowest BCUT2D eigenvalue weighted by Gasteiger charge is -2.47. The summed E-state index contributed by atoms with van der Waals surface area (Å²) in [6, 6.07) is 14.1. The van der Waals surface area contributed by atoms with E-state index in [1.54, 1.807) is 12.1 Å². The standard InChI is InChI=1S/C32H30O13/c33-20-7-1-17(2-8-20)4-11-27(38)41-16-26-30(45-28(39)12-5-18-3-9-21(34)23(36)13-18)29(40)31-32(44-26)42-15-25(43-31)19-6-10-22(35)24(37)14-19/h1-14,25-26,29-37,40H,15-16H2/b11-4+,12-5+/t25?,26-,29+,30-,31-,32-/m1/s1. The number of hydrogen-bond donors (Lipinski definition) is 6. The molecule has 0 amide bonds. The van der Waals surface area contributed by atoms with Crippen LogP contribution in [0.5, 0.6) is 28.7 Å². The second kappa shape index (κ2) is 13.7. The number of fused-ring (bicyclic) bond motifs is 1. The molecule has 0 bridgehead atoms. The molecule has 2 heterocycles. The molecule has 0 spiro atoms.